The molecule has 1 N–H and O–H groups in total. The Bertz CT molecular complexity index is 396. The van der Waals surface area contributed by atoms with Gasteiger partial charge in [0.1, 0.15) is 11.6 Å². The average molecular weight is 341 g/mol. The Kier molecular flexibility index (Phi) is 6.96. The molecule has 0 fully saturated rings. The fourth-order valence-corrected chi connectivity index (χ4v) is 1.79. The summed E-state index contributed by atoms with van der Waals surface area (Å²) in [5.74, 6) is 0.507. The molecule has 19 heavy (non-hydrogen) atoms. The summed E-state index contributed by atoms with van der Waals surface area (Å²) in [6.07, 6.45) is 1.09. The van der Waals surface area contributed by atoms with E-state index in [4.69, 9.17) is 9.47 Å². The number of aromatic nitrogens is 1. The third kappa shape index (κ3) is 5.66. The molecule has 1 aromatic rings. The van der Waals surface area contributed by atoms with Crippen molar-refractivity contribution in [2.45, 2.75) is 12.7 Å². The number of pyridine rings is 1. The predicted molar refractivity (Wildman–Crippen MR) is 69.7 cm³/mol. The van der Waals surface area contributed by atoms with Gasteiger partial charge in [0.25, 0.3) is 0 Å². The van der Waals surface area contributed by atoms with Crippen molar-refractivity contribution >= 4 is 21.7 Å². The second-order valence-corrected chi connectivity index (χ2v) is 4.43. The van der Waals surface area contributed by atoms with Crippen molar-refractivity contribution < 1.29 is 23.0 Å². The summed E-state index contributed by atoms with van der Waals surface area (Å²) < 4.78 is 39.0. The zero-order chi connectivity index (χ0) is 14.3. The molecular weight excluding hydrogens is 326 g/mol. The van der Waals surface area contributed by atoms with Gasteiger partial charge < -0.3 is 19.5 Å². The van der Waals surface area contributed by atoms with Crippen LogP contribution in [0.2, 0.25) is 0 Å². The molecule has 108 valence electrons. The van der Waals surface area contributed by atoms with Gasteiger partial charge in [0.2, 0.25) is 0 Å². The van der Waals surface area contributed by atoms with E-state index in [-0.39, 0.29) is 11.9 Å². The molecule has 1 aromatic heterocycles. The summed E-state index contributed by atoms with van der Waals surface area (Å²) >= 11 is 3.23. The van der Waals surface area contributed by atoms with Gasteiger partial charge in [0.15, 0.2) is 0 Å². The van der Waals surface area contributed by atoms with E-state index in [2.05, 4.69) is 31.0 Å². The fraction of sp³-hybridized carbons (Fsp3) is 0.545. The van der Waals surface area contributed by atoms with Gasteiger partial charge in [-0.25, -0.2) is 4.98 Å². The Morgan fingerprint density at radius 3 is 2.68 bits per heavy atom. The van der Waals surface area contributed by atoms with Crippen molar-refractivity contribution in [3.8, 4) is 5.75 Å². The Morgan fingerprint density at radius 2 is 2.16 bits per heavy atom. The smallest absolute Gasteiger partial charge is 0.387 e. The van der Waals surface area contributed by atoms with Crippen LogP contribution in [0.5, 0.6) is 5.75 Å². The monoisotopic (exact) mass is 340 g/mol. The van der Waals surface area contributed by atoms with Crippen LogP contribution >= 0.6 is 15.9 Å². The number of methoxy groups -OCH3 is 2. The zero-order valence-electron chi connectivity index (χ0n) is 10.5. The largest absolute Gasteiger partial charge is 0.433 e. The molecule has 8 heteroatoms. The van der Waals surface area contributed by atoms with Gasteiger partial charge in [-0.3, -0.25) is 0 Å². The Balaban J connectivity index is 2.59. The lowest BCUT2D eigenvalue weighted by Crippen LogP contribution is -2.27. The summed E-state index contributed by atoms with van der Waals surface area (Å²) in [6.45, 7) is -1.95. The van der Waals surface area contributed by atoms with Crippen LogP contribution in [0.3, 0.4) is 0 Å². The molecule has 0 aliphatic heterocycles. The number of nitrogens with one attached hydrogen (secondary N) is 1. The zero-order valence-corrected chi connectivity index (χ0v) is 12.1. The molecule has 0 radical (unpaired) electrons. The molecule has 1 unspecified atom stereocenters. The van der Waals surface area contributed by atoms with Gasteiger partial charge in [0.05, 0.1) is 23.4 Å². The minimum absolute atomic E-state index is 0.00684. The fourth-order valence-electron chi connectivity index (χ4n) is 1.32. The van der Waals surface area contributed by atoms with Crippen molar-refractivity contribution in [1.29, 1.82) is 0 Å². The molecule has 0 amide bonds. The maximum atomic E-state index is 12.0. The van der Waals surface area contributed by atoms with Crippen molar-refractivity contribution in [3.05, 3.63) is 16.7 Å². The second-order valence-electron chi connectivity index (χ2n) is 3.57. The van der Waals surface area contributed by atoms with Crippen LogP contribution in [0, 0.1) is 0 Å². The molecule has 0 aliphatic carbocycles. The quantitative estimate of drug-likeness (QED) is 0.788. The molecule has 0 saturated carbocycles. The third-order valence-corrected chi connectivity index (χ3v) is 2.83. The molecule has 0 aliphatic rings. The first-order valence-electron chi connectivity index (χ1n) is 5.42. The van der Waals surface area contributed by atoms with Crippen LogP contribution in [-0.2, 0) is 9.47 Å². The highest BCUT2D eigenvalue weighted by Crippen LogP contribution is 2.25. The van der Waals surface area contributed by atoms with Crippen LogP contribution in [0.15, 0.2) is 16.7 Å². The number of hydrogen-bond acceptors (Lipinski definition) is 5. The number of ether oxygens (including phenoxy) is 3. The number of anilines is 1. The van der Waals surface area contributed by atoms with E-state index in [1.165, 1.54) is 12.3 Å². The van der Waals surface area contributed by atoms with E-state index in [0.717, 1.165) is 0 Å². The third-order valence-electron chi connectivity index (χ3n) is 2.22. The van der Waals surface area contributed by atoms with Gasteiger partial charge in [-0.15, -0.1) is 0 Å². The Morgan fingerprint density at radius 1 is 1.42 bits per heavy atom. The normalized spacial score (nSPS) is 12.5. The van der Waals surface area contributed by atoms with Gasteiger partial charge in [-0.1, -0.05) is 0 Å². The SMILES string of the molecule is COCC(CNc1ncc(OC(F)F)cc1Br)OC. The van der Waals surface area contributed by atoms with Gasteiger partial charge in [-0.05, 0) is 22.0 Å². The van der Waals surface area contributed by atoms with E-state index in [1.807, 2.05) is 0 Å². The lowest BCUT2D eigenvalue weighted by Gasteiger charge is -2.16. The van der Waals surface area contributed by atoms with Crippen molar-refractivity contribution in [2.75, 3.05) is 32.7 Å². The van der Waals surface area contributed by atoms with E-state index in [0.29, 0.717) is 23.4 Å². The summed E-state index contributed by atoms with van der Waals surface area (Å²) in [6, 6.07) is 1.42. The molecule has 0 bridgehead atoms. The minimum atomic E-state index is -2.87. The highest BCUT2D eigenvalue weighted by atomic mass is 79.9. The summed E-state index contributed by atoms with van der Waals surface area (Å²) in [7, 11) is 3.16. The van der Waals surface area contributed by atoms with E-state index >= 15 is 0 Å². The van der Waals surface area contributed by atoms with Gasteiger partial charge in [-0.2, -0.15) is 8.78 Å². The number of halogens is 3. The van der Waals surface area contributed by atoms with E-state index < -0.39 is 6.61 Å². The minimum Gasteiger partial charge on any atom is -0.433 e. The molecule has 0 saturated heterocycles. The van der Waals surface area contributed by atoms with Crippen LogP contribution in [-0.4, -0.2) is 45.1 Å². The highest BCUT2D eigenvalue weighted by Gasteiger charge is 2.11. The van der Waals surface area contributed by atoms with Crippen molar-refractivity contribution in [3.63, 3.8) is 0 Å². The summed E-state index contributed by atoms with van der Waals surface area (Å²) in [5.41, 5.74) is 0. The van der Waals surface area contributed by atoms with E-state index in [1.54, 1.807) is 14.2 Å². The molecular formula is C11H15BrF2N2O3. The standard InChI is InChI=1S/C11H15BrF2N2O3/c1-17-6-8(18-2)5-16-10-9(12)3-7(4-15-10)19-11(13)14/h3-4,8,11H,5-6H2,1-2H3,(H,15,16). The number of alkyl halides is 2. The van der Waals surface area contributed by atoms with Gasteiger partial charge in [0, 0.05) is 20.8 Å². The van der Waals surface area contributed by atoms with Gasteiger partial charge >= 0.3 is 6.61 Å². The first-order valence-corrected chi connectivity index (χ1v) is 6.22. The molecule has 1 atom stereocenters. The first kappa shape index (κ1) is 16.1. The van der Waals surface area contributed by atoms with Crippen LogP contribution in [0.25, 0.3) is 0 Å². The molecule has 1 rings (SSSR count). The predicted octanol–water partition coefficient (Wildman–Crippen LogP) is 2.52. The second kappa shape index (κ2) is 8.23. The van der Waals surface area contributed by atoms with Crippen molar-refractivity contribution in [1.82, 2.24) is 4.98 Å². The lowest BCUT2D eigenvalue weighted by molar-refractivity contribution is -0.0501. The Hall–Kier alpha value is -0.990. The highest BCUT2D eigenvalue weighted by molar-refractivity contribution is 9.10. The summed E-state index contributed by atoms with van der Waals surface area (Å²) in [4.78, 5) is 3.98. The molecule has 0 aromatic carbocycles. The topological polar surface area (TPSA) is 52.6 Å². The first-order chi connectivity index (χ1) is 9.06. The molecule has 0 spiro atoms. The Labute approximate surface area is 118 Å². The lowest BCUT2D eigenvalue weighted by atomic mass is 10.3. The van der Waals surface area contributed by atoms with Crippen LogP contribution < -0.4 is 10.1 Å². The molecule has 5 nitrogen and oxygen atoms in total. The summed E-state index contributed by atoms with van der Waals surface area (Å²) in [5, 5.41) is 3.02. The van der Waals surface area contributed by atoms with Crippen LogP contribution in [0.1, 0.15) is 0 Å². The van der Waals surface area contributed by atoms with E-state index in [9.17, 15) is 8.78 Å². The average Bonchev–Trinajstić information content (AvgIpc) is 2.35. The number of rotatable bonds is 8. The maximum absolute atomic E-state index is 12.0. The molecule has 1 heterocycles. The number of nitrogens with zero attached hydrogens (tertiary/aromatic N) is 1. The maximum Gasteiger partial charge on any atom is 0.387 e. The van der Waals surface area contributed by atoms with Crippen LogP contribution in [0.4, 0.5) is 14.6 Å². The van der Waals surface area contributed by atoms with Crippen molar-refractivity contribution in [2.24, 2.45) is 0 Å². The number of hydrogen-bond donors (Lipinski definition) is 1.